The van der Waals surface area contributed by atoms with Crippen molar-refractivity contribution in [3.05, 3.63) is 59.9 Å². The summed E-state index contributed by atoms with van der Waals surface area (Å²) in [5.74, 6) is -1.79. The fourth-order valence-electron chi connectivity index (χ4n) is 2.37. The first-order chi connectivity index (χ1) is 12.3. The van der Waals surface area contributed by atoms with Crippen LogP contribution in [-0.4, -0.2) is 26.8 Å². The van der Waals surface area contributed by atoms with Gasteiger partial charge in [0.05, 0.1) is 17.2 Å². The SMILES string of the molecule is O=C(Cn1c(C(F)(F)F)nc2ccccc21)N/N=C/c1ccc(O)cc1. The molecule has 9 heteroatoms. The van der Waals surface area contributed by atoms with Crippen molar-refractivity contribution >= 4 is 23.2 Å². The van der Waals surface area contributed by atoms with E-state index in [1.165, 1.54) is 30.5 Å². The number of rotatable bonds is 4. The number of aromatic hydroxyl groups is 1. The van der Waals surface area contributed by atoms with Crippen molar-refractivity contribution < 1.29 is 23.1 Å². The molecule has 0 saturated carbocycles. The fraction of sp³-hybridized carbons (Fsp3) is 0.118. The fourth-order valence-corrected chi connectivity index (χ4v) is 2.37. The Balaban J connectivity index is 1.77. The summed E-state index contributed by atoms with van der Waals surface area (Å²) >= 11 is 0. The molecule has 6 nitrogen and oxygen atoms in total. The highest BCUT2D eigenvalue weighted by molar-refractivity contribution is 5.84. The Kier molecular flexibility index (Phi) is 4.61. The van der Waals surface area contributed by atoms with Gasteiger partial charge in [0.15, 0.2) is 0 Å². The van der Waals surface area contributed by atoms with Crippen LogP contribution in [0.25, 0.3) is 11.0 Å². The van der Waals surface area contributed by atoms with Crippen LogP contribution in [0.3, 0.4) is 0 Å². The van der Waals surface area contributed by atoms with Crippen molar-refractivity contribution in [2.24, 2.45) is 5.10 Å². The van der Waals surface area contributed by atoms with E-state index in [1.807, 2.05) is 0 Å². The zero-order valence-corrected chi connectivity index (χ0v) is 13.2. The minimum atomic E-state index is -4.69. The summed E-state index contributed by atoms with van der Waals surface area (Å²) in [5, 5.41) is 12.9. The lowest BCUT2D eigenvalue weighted by Crippen LogP contribution is -2.26. The molecule has 2 aromatic carbocycles. The third kappa shape index (κ3) is 3.82. The van der Waals surface area contributed by atoms with Gasteiger partial charge < -0.3 is 9.67 Å². The molecule has 1 amide bonds. The number of alkyl halides is 3. The smallest absolute Gasteiger partial charge is 0.449 e. The lowest BCUT2D eigenvalue weighted by Gasteiger charge is -2.10. The quantitative estimate of drug-likeness (QED) is 0.553. The van der Waals surface area contributed by atoms with E-state index < -0.39 is 24.5 Å². The second kappa shape index (κ2) is 6.87. The lowest BCUT2D eigenvalue weighted by molar-refractivity contribution is -0.147. The van der Waals surface area contributed by atoms with Gasteiger partial charge in [-0.1, -0.05) is 12.1 Å². The van der Waals surface area contributed by atoms with Crippen LogP contribution in [0, 0.1) is 0 Å². The molecule has 3 aromatic rings. The van der Waals surface area contributed by atoms with Crippen molar-refractivity contribution in [2.45, 2.75) is 12.7 Å². The molecule has 26 heavy (non-hydrogen) atoms. The number of para-hydroxylation sites is 2. The largest absolute Gasteiger partial charge is 0.508 e. The minimum absolute atomic E-state index is 0.0813. The number of hydrazone groups is 1. The Hall–Kier alpha value is -3.36. The van der Waals surface area contributed by atoms with E-state index in [4.69, 9.17) is 0 Å². The number of nitrogens with zero attached hydrogens (tertiary/aromatic N) is 3. The maximum absolute atomic E-state index is 13.2. The van der Waals surface area contributed by atoms with Crippen molar-refractivity contribution in [1.82, 2.24) is 15.0 Å². The number of phenolic OH excluding ortho intramolecular Hbond substituents is 1. The van der Waals surface area contributed by atoms with Gasteiger partial charge in [0.2, 0.25) is 5.82 Å². The van der Waals surface area contributed by atoms with Gasteiger partial charge in [-0.25, -0.2) is 10.4 Å². The normalized spacial score (nSPS) is 12.0. The lowest BCUT2D eigenvalue weighted by atomic mass is 10.2. The number of carbonyl (C=O) groups excluding carboxylic acids is 1. The number of aromatic nitrogens is 2. The number of carbonyl (C=O) groups is 1. The zero-order valence-electron chi connectivity index (χ0n) is 13.2. The number of benzene rings is 2. The molecule has 0 bridgehead atoms. The second-order valence-electron chi connectivity index (χ2n) is 5.39. The molecule has 0 aliphatic heterocycles. The molecule has 0 aliphatic rings. The molecule has 0 spiro atoms. The first kappa shape index (κ1) is 17.5. The maximum Gasteiger partial charge on any atom is 0.449 e. The van der Waals surface area contributed by atoms with Crippen LogP contribution < -0.4 is 5.43 Å². The van der Waals surface area contributed by atoms with Gasteiger partial charge in [0.25, 0.3) is 5.91 Å². The molecular formula is C17H13F3N4O2. The monoisotopic (exact) mass is 362 g/mol. The molecule has 0 atom stereocenters. The average molecular weight is 362 g/mol. The number of amides is 1. The summed E-state index contributed by atoms with van der Waals surface area (Å²) < 4.78 is 40.3. The zero-order chi connectivity index (χ0) is 18.7. The summed E-state index contributed by atoms with van der Waals surface area (Å²) in [5.41, 5.74) is 3.14. The van der Waals surface area contributed by atoms with Crippen LogP contribution in [-0.2, 0) is 17.5 Å². The predicted molar refractivity (Wildman–Crippen MR) is 88.6 cm³/mol. The van der Waals surface area contributed by atoms with Crippen LogP contribution in [0.15, 0.2) is 53.6 Å². The minimum Gasteiger partial charge on any atom is -0.508 e. The number of halogens is 3. The average Bonchev–Trinajstić information content (AvgIpc) is 2.96. The van der Waals surface area contributed by atoms with Gasteiger partial charge in [0.1, 0.15) is 12.3 Å². The molecule has 1 aromatic heterocycles. The highest BCUT2D eigenvalue weighted by Crippen LogP contribution is 2.31. The molecule has 2 N–H and O–H groups in total. The Morgan fingerprint density at radius 2 is 1.88 bits per heavy atom. The number of imidazole rings is 1. The highest BCUT2D eigenvalue weighted by Gasteiger charge is 2.37. The van der Waals surface area contributed by atoms with Gasteiger partial charge in [-0.3, -0.25) is 4.79 Å². The Labute approximate surface area is 145 Å². The Bertz CT molecular complexity index is 962. The number of hydrogen-bond donors (Lipinski definition) is 2. The maximum atomic E-state index is 13.2. The molecule has 0 saturated heterocycles. The Morgan fingerprint density at radius 3 is 2.58 bits per heavy atom. The van der Waals surface area contributed by atoms with E-state index in [-0.39, 0.29) is 16.8 Å². The van der Waals surface area contributed by atoms with Crippen molar-refractivity contribution in [3.8, 4) is 5.75 Å². The second-order valence-corrected chi connectivity index (χ2v) is 5.39. The van der Waals surface area contributed by atoms with Gasteiger partial charge in [-0.2, -0.15) is 18.3 Å². The predicted octanol–water partition coefficient (Wildman–Crippen LogP) is 2.91. The van der Waals surface area contributed by atoms with E-state index in [9.17, 15) is 23.1 Å². The molecule has 0 unspecified atom stereocenters. The Morgan fingerprint density at radius 1 is 1.19 bits per heavy atom. The third-order valence-corrected chi connectivity index (χ3v) is 3.51. The first-order valence-corrected chi connectivity index (χ1v) is 7.48. The van der Waals surface area contributed by atoms with Gasteiger partial charge in [0, 0.05) is 0 Å². The molecule has 3 rings (SSSR count). The van der Waals surface area contributed by atoms with Crippen molar-refractivity contribution in [3.63, 3.8) is 0 Å². The first-order valence-electron chi connectivity index (χ1n) is 7.48. The van der Waals surface area contributed by atoms with Crippen LogP contribution in [0.5, 0.6) is 5.75 Å². The molecule has 0 radical (unpaired) electrons. The van der Waals surface area contributed by atoms with E-state index in [0.717, 1.165) is 4.57 Å². The molecule has 0 aliphatic carbocycles. The standard InChI is InChI=1S/C17H13F3N4O2/c18-17(19,20)16-22-13-3-1-2-4-14(13)24(16)10-15(26)23-21-9-11-5-7-12(25)8-6-11/h1-9,25H,10H2,(H,23,26)/b21-9+. The van der Waals surface area contributed by atoms with Crippen LogP contribution >= 0.6 is 0 Å². The number of hydrogen-bond acceptors (Lipinski definition) is 4. The van der Waals surface area contributed by atoms with Gasteiger partial charge >= 0.3 is 6.18 Å². The molecule has 134 valence electrons. The van der Waals surface area contributed by atoms with E-state index in [1.54, 1.807) is 24.3 Å². The molecular weight excluding hydrogens is 349 g/mol. The molecule has 1 heterocycles. The van der Waals surface area contributed by atoms with Crippen molar-refractivity contribution in [1.29, 1.82) is 0 Å². The summed E-state index contributed by atoms with van der Waals surface area (Å²) in [6, 6.07) is 12.1. The number of phenols is 1. The summed E-state index contributed by atoms with van der Waals surface area (Å²) in [6.45, 7) is -0.581. The van der Waals surface area contributed by atoms with Crippen LogP contribution in [0.2, 0.25) is 0 Å². The summed E-state index contributed by atoms with van der Waals surface area (Å²) in [7, 11) is 0. The number of nitrogens with one attached hydrogen (secondary N) is 1. The third-order valence-electron chi connectivity index (χ3n) is 3.51. The molecule has 0 fully saturated rings. The van der Waals surface area contributed by atoms with Crippen molar-refractivity contribution in [2.75, 3.05) is 0 Å². The topological polar surface area (TPSA) is 79.5 Å². The number of fused-ring (bicyclic) bond motifs is 1. The summed E-state index contributed by atoms with van der Waals surface area (Å²) in [6.07, 6.45) is -3.37. The van der Waals surface area contributed by atoms with Gasteiger partial charge in [-0.05, 0) is 42.0 Å². The van der Waals surface area contributed by atoms with Gasteiger partial charge in [-0.15, -0.1) is 0 Å². The van der Waals surface area contributed by atoms with Crippen LogP contribution in [0.1, 0.15) is 11.4 Å². The highest BCUT2D eigenvalue weighted by atomic mass is 19.4. The summed E-state index contributed by atoms with van der Waals surface area (Å²) in [4.78, 5) is 15.6. The van der Waals surface area contributed by atoms with Crippen LogP contribution in [0.4, 0.5) is 13.2 Å². The van der Waals surface area contributed by atoms with E-state index in [0.29, 0.717) is 5.56 Å². The van der Waals surface area contributed by atoms with E-state index >= 15 is 0 Å². The van der Waals surface area contributed by atoms with E-state index in [2.05, 4.69) is 15.5 Å².